The Labute approximate surface area is 142 Å². The van der Waals surface area contributed by atoms with E-state index in [0.29, 0.717) is 29.7 Å². The van der Waals surface area contributed by atoms with Crippen molar-refractivity contribution < 1.29 is 14.0 Å². The third-order valence-electron chi connectivity index (χ3n) is 4.80. The zero-order valence-corrected chi connectivity index (χ0v) is 16.7. The van der Waals surface area contributed by atoms with Crippen LogP contribution in [0.2, 0.25) is 16.6 Å². The van der Waals surface area contributed by atoms with Gasteiger partial charge in [-0.15, -0.1) is 0 Å². The highest BCUT2D eigenvalue weighted by Crippen LogP contribution is 2.42. The summed E-state index contributed by atoms with van der Waals surface area (Å²) in [5.41, 5.74) is 3.89. The van der Waals surface area contributed by atoms with Crippen LogP contribution in [0, 0.1) is 0 Å². The Kier molecular flexibility index (Phi) is 7.48. The van der Waals surface area contributed by atoms with Crippen LogP contribution >= 0.6 is 0 Å². The van der Waals surface area contributed by atoms with Crippen LogP contribution in [0.5, 0.6) is 0 Å². The molecule has 0 amide bonds. The minimum absolute atomic E-state index is 0.208. The second kappa shape index (κ2) is 8.64. The zero-order valence-electron chi connectivity index (χ0n) is 15.7. The van der Waals surface area contributed by atoms with E-state index in [-0.39, 0.29) is 5.97 Å². The lowest BCUT2D eigenvalue weighted by Gasteiger charge is -2.42. The first kappa shape index (κ1) is 19.9. The van der Waals surface area contributed by atoms with Crippen LogP contribution in [-0.2, 0) is 27.0 Å². The first-order chi connectivity index (χ1) is 10.7. The normalized spacial score (nSPS) is 12.3. The number of hydrogen-bond acceptors (Lipinski definition) is 3. The second-order valence-electron chi connectivity index (χ2n) is 7.18. The molecule has 4 heteroatoms. The predicted octanol–water partition coefficient (Wildman–Crippen LogP) is 5.09. The average molecular weight is 337 g/mol. The van der Waals surface area contributed by atoms with E-state index >= 15 is 0 Å². The average Bonchev–Trinajstić information content (AvgIpc) is 2.48. The molecule has 0 unspecified atom stereocenters. The number of rotatable bonds is 8. The molecule has 0 spiro atoms. The first-order valence-corrected chi connectivity index (χ1v) is 10.7. The van der Waals surface area contributed by atoms with Crippen LogP contribution < -0.4 is 0 Å². The highest BCUT2D eigenvalue weighted by Gasteiger charge is 2.44. The summed E-state index contributed by atoms with van der Waals surface area (Å²) in [6.07, 6.45) is 0.320. The lowest BCUT2D eigenvalue weighted by atomic mass is 10.1. The fraction of sp³-hybridized carbons (Fsp3) is 0.632. The minimum Gasteiger partial charge on any atom is -0.469 e. The third kappa shape index (κ3) is 4.92. The van der Waals surface area contributed by atoms with Gasteiger partial charge in [-0.1, -0.05) is 65.8 Å². The van der Waals surface area contributed by atoms with Crippen LogP contribution in [-0.4, -0.2) is 21.4 Å². The van der Waals surface area contributed by atoms with E-state index in [0.717, 1.165) is 11.1 Å². The van der Waals surface area contributed by atoms with Crippen molar-refractivity contribution in [1.82, 2.24) is 0 Å². The summed E-state index contributed by atoms with van der Waals surface area (Å²) in [6.45, 7) is 14.4. The summed E-state index contributed by atoms with van der Waals surface area (Å²) in [7, 11) is -0.415. The van der Waals surface area contributed by atoms with Crippen molar-refractivity contribution in [2.24, 2.45) is 0 Å². The van der Waals surface area contributed by atoms with Gasteiger partial charge in [0.1, 0.15) is 0 Å². The molecule has 1 aromatic carbocycles. The van der Waals surface area contributed by atoms with Crippen LogP contribution in [0.15, 0.2) is 24.3 Å². The maximum atomic E-state index is 11.3. The summed E-state index contributed by atoms with van der Waals surface area (Å²) < 4.78 is 11.3. The molecule has 0 aromatic heterocycles. The zero-order chi connectivity index (χ0) is 17.6. The minimum atomic E-state index is -1.83. The summed E-state index contributed by atoms with van der Waals surface area (Å²) in [6, 6.07) is 8.08. The van der Waals surface area contributed by atoms with Gasteiger partial charge in [0.25, 0.3) is 0 Å². The highest BCUT2D eigenvalue weighted by atomic mass is 28.4. The Balaban J connectivity index is 2.80. The Morgan fingerprint density at radius 1 is 0.913 bits per heavy atom. The summed E-state index contributed by atoms with van der Waals surface area (Å²) >= 11 is 0. The number of carbonyl (C=O) groups is 1. The fourth-order valence-electron chi connectivity index (χ4n) is 3.70. The van der Waals surface area contributed by atoms with Crippen molar-refractivity contribution in [3.05, 3.63) is 35.4 Å². The molecule has 0 saturated carbocycles. The van der Waals surface area contributed by atoms with Gasteiger partial charge in [-0.05, 0) is 27.8 Å². The predicted molar refractivity (Wildman–Crippen MR) is 98.0 cm³/mol. The molecule has 130 valence electrons. The van der Waals surface area contributed by atoms with Gasteiger partial charge in [0, 0.05) is 0 Å². The quantitative estimate of drug-likeness (QED) is 0.490. The van der Waals surface area contributed by atoms with Crippen molar-refractivity contribution in [3.63, 3.8) is 0 Å². The van der Waals surface area contributed by atoms with Crippen molar-refractivity contribution >= 4 is 14.3 Å². The van der Waals surface area contributed by atoms with Crippen LogP contribution in [0.4, 0.5) is 0 Å². The summed E-state index contributed by atoms with van der Waals surface area (Å²) in [4.78, 5) is 11.3. The molecule has 0 aliphatic heterocycles. The Morgan fingerprint density at radius 3 is 1.74 bits per heavy atom. The van der Waals surface area contributed by atoms with E-state index in [2.05, 4.69) is 53.7 Å². The molecule has 0 N–H and O–H groups in total. The third-order valence-corrected chi connectivity index (χ3v) is 10.9. The molecule has 0 fully saturated rings. The molecular weight excluding hydrogens is 304 g/mol. The van der Waals surface area contributed by atoms with Gasteiger partial charge in [0.2, 0.25) is 8.32 Å². The van der Waals surface area contributed by atoms with Gasteiger partial charge in [-0.2, -0.15) is 0 Å². The standard InChI is InChI=1S/C19H32O3Si/c1-14(2)23(15(3)4,16(5)6)22-13-18-10-8-17(9-11-18)12-19(20)21-7/h8-11,14-16H,12-13H2,1-7H3. The maximum absolute atomic E-state index is 11.3. The Hall–Kier alpha value is -1.13. The lowest BCUT2D eigenvalue weighted by molar-refractivity contribution is -0.139. The monoisotopic (exact) mass is 336 g/mol. The number of carbonyl (C=O) groups excluding carboxylic acids is 1. The number of methoxy groups -OCH3 is 1. The number of benzene rings is 1. The van der Waals surface area contributed by atoms with Crippen molar-refractivity contribution in [2.75, 3.05) is 7.11 Å². The molecule has 3 nitrogen and oxygen atoms in total. The summed E-state index contributed by atoms with van der Waals surface area (Å²) in [5.74, 6) is -0.208. The number of esters is 1. The van der Waals surface area contributed by atoms with Gasteiger partial charge in [0.05, 0.1) is 20.1 Å². The SMILES string of the molecule is COC(=O)Cc1ccc(CO[Si](C(C)C)(C(C)C)C(C)C)cc1. The lowest BCUT2D eigenvalue weighted by Crippen LogP contribution is -2.47. The summed E-state index contributed by atoms with van der Waals surface area (Å²) in [5, 5.41) is 0. The molecule has 23 heavy (non-hydrogen) atoms. The van der Waals surface area contributed by atoms with E-state index in [1.54, 1.807) is 0 Å². The number of ether oxygens (including phenoxy) is 1. The molecule has 1 rings (SSSR count). The van der Waals surface area contributed by atoms with Crippen molar-refractivity contribution in [3.8, 4) is 0 Å². The van der Waals surface area contributed by atoms with E-state index in [4.69, 9.17) is 9.16 Å². The van der Waals surface area contributed by atoms with Crippen LogP contribution in [0.25, 0.3) is 0 Å². The number of hydrogen-bond donors (Lipinski definition) is 0. The molecule has 0 saturated heterocycles. The van der Waals surface area contributed by atoms with E-state index in [1.165, 1.54) is 7.11 Å². The van der Waals surface area contributed by atoms with Crippen molar-refractivity contribution in [1.29, 1.82) is 0 Å². The molecule has 0 bridgehead atoms. The van der Waals surface area contributed by atoms with Crippen molar-refractivity contribution in [2.45, 2.75) is 71.2 Å². The second-order valence-corrected chi connectivity index (χ2v) is 12.6. The van der Waals surface area contributed by atoms with Gasteiger partial charge >= 0.3 is 5.97 Å². The molecule has 0 atom stereocenters. The van der Waals surface area contributed by atoms with Gasteiger partial charge in [-0.25, -0.2) is 0 Å². The Morgan fingerprint density at radius 2 is 1.35 bits per heavy atom. The molecule has 1 aromatic rings. The maximum Gasteiger partial charge on any atom is 0.309 e. The van der Waals surface area contributed by atoms with Gasteiger partial charge in [-0.3, -0.25) is 4.79 Å². The molecule has 0 aliphatic rings. The van der Waals surface area contributed by atoms with Crippen LogP contribution in [0.1, 0.15) is 52.7 Å². The molecule has 0 radical (unpaired) electrons. The van der Waals surface area contributed by atoms with Gasteiger partial charge < -0.3 is 9.16 Å². The van der Waals surface area contributed by atoms with E-state index in [1.807, 2.05) is 12.1 Å². The smallest absolute Gasteiger partial charge is 0.309 e. The molecule has 0 heterocycles. The Bertz CT molecular complexity index is 470. The first-order valence-electron chi connectivity index (χ1n) is 8.52. The largest absolute Gasteiger partial charge is 0.469 e. The van der Waals surface area contributed by atoms with E-state index < -0.39 is 8.32 Å². The van der Waals surface area contributed by atoms with Gasteiger partial charge in [0.15, 0.2) is 0 Å². The fourth-order valence-corrected chi connectivity index (χ4v) is 9.12. The molecule has 0 aliphatic carbocycles. The van der Waals surface area contributed by atoms with Crippen LogP contribution in [0.3, 0.4) is 0 Å². The molecular formula is C19H32O3Si. The van der Waals surface area contributed by atoms with E-state index in [9.17, 15) is 4.79 Å². The topological polar surface area (TPSA) is 35.5 Å². The highest BCUT2D eigenvalue weighted by molar-refractivity contribution is 6.77.